The van der Waals surface area contributed by atoms with E-state index in [4.69, 9.17) is 28.3 Å². The van der Waals surface area contributed by atoms with Crippen LogP contribution in [-0.4, -0.2) is 11.1 Å². The van der Waals surface area contributed by atoms with Gasteiger partial charge in [0.25, 0.3) is 0 Å². The molecule has 0 radical (unpaired) electrons. The van der Waals surface area contributed by atoms with Gasteiger partial charge in [0.05, 0.1) is 5.92 Å². The van der Waals surface area contributed by atoms with Crippen molar-refractivity contribution in [1.29, 1.82) is 0 Å². The number of hydrogen-bond acceptors (Lipinski definition) is 1. The van der Waals surface area contributed by atoms with Gasteiger partial charge in [-0.05, 0) is 36.1 Å². The van der Waals surface area contributed by atoms with Crippen LogP contribution in [0.4, 0.5) is 0 Å². The molecule has 0 amide bonds. The number of benzene rings is 1. The van der Waals surface area contributed by atoms with E-state index in [-0.39, 0.29) is 11.8 Å². The van der Waals surface area contributed by atoms with E-state index in [1.54, 1.807) is 18.2 Å². The minimum atomic E-state index is -0.744. The van der Waals surface area contributed by atoms with E-state index in [9.17, 15) is 4.79 Å². The monoisotopic (exact) mass is 230 g/mol. The van der Waals surface area contributed by atoms with Crippen molar-refractivity contribution in [2.75, 3.05) is 0 Å². The van der Waals surface area contributed by atoms with Crippen molar-refractivity contribution in [3.05, 3.63) is 33.8 Å². The normalized spacial score (nSPS) is 24.7. The number of rotatable bonds is 2. The molecule has 0 bridgehead atoms. The number of carbonyl (C=O) groups is 1. The highest BCUT2D eigenvalue weighted by Gasteiger charge is 2.44. The largest absolute Gasteiger partial charge is 0.481 e. The first-order valence-electron chi connectivity index (χ1n) is 4.26. The van der Waals surface area contributed by atoms with E-state index in [2.05, 4.69) is 0 Å². The summed E-state index contributed by atoms with van der Waals surface area (Å²) in [4.78, 5) is 10.6. The van der Waals surface area contributed by atoms with E-state index in [1.165, 1.54) is 0 Å². The SMILES string of the molecule is O=C(O)[C@H]1C[C@H]1c1cc(Cl)cc(Cl)c1. The van der Waals surface area contributed by atoms with Gasteiger partial charge in [-0.1, -0.05) is 23.2 Å². The summed E-state index contributed by atoms with van der Waals surface area (Å²) in [5.74, 6) is -0.917. The fraction of sp³-hybridized carbons (Fsp3) is 0.300. The Bertz CT molecular complexity index is 369. The third kappa shape index (κ3) is 1.86. The Balaban J connectivity index is 2.23. The lowest BCUT2D eigenvalue weighted by atomic mass is 10.1. The Morgan fingerprint density at radius 3 is 2.29 bits per heavy atom. The van der Waals surface area contributed by atoms with Crippen LogP contribution in [0, 0.1) is 5.92 Å². The predicted molar refractivity (Wildman–Crippen MR) is 54.9 cm³/mol. The first-order chi connectivity index (χ1) is 6.58. The molecular formula is C10H8Cl2O2. The maximum atomic E-state index is 10.6. The minimum Gasteiger partial charge on any atom is -0.481 e. The van der Waals surface area contributed by atoms with Gasteiger partial charge in [-0.25, -0.2) is 0 Å². The van der Waals surface area contributed by atoms with Crippen molar-refractivity contribution >= 4 is 29.2 Å². The predicted octanol–water partition coefficient (Wildman–Crippen LogP) is 3.18. The zero-order valence-corrected chi connectivity index (χ0v) is 8.72. The molecular weight excluding hydrogens is 223 g/mol. The topological polar surface area (TPSA) is 37.3 Å². The molecule has 2 atom stereocenters. The van der Waals surface area contributed by atoms with E-state index in [0.717, 1.165) is 5.56 Å². The first kappa shape index (κ1) is 9.81. The van der Waals surface area contributed by atoms with Crippen LogP contribution in [0.1, 0.15) is 17.9 Å². The second-order valence-electron chi connectivity index (χ2n) is 3.49. The zero-order chi connectivity index (χ0) is 10.3. The summed E-state index contributed by atoms with van der Waals surface area (Å²) in [5.41, 5.74) is 0.926. The summed E-state index contributed by atoms with van der Waals surface area (Å²) >= 11 is 11.6. The molecule has 1 N–H and O–H groups in total. The molecule has 0 aromatic heterocycles. The Labute approximate surface area is 91.4 Å². The molecule has 0 unspecified atom stereocenters. The molecule has 14 heavy (non-hydrogen) atoms. The van der Waals surface area contributed by atoms with Crippen molar-refractivity contribution < 1.29 is 9.90 Å². The Morgan fingerprint density at radius 1 is 1.29 bits per heavy atom. The average molecular weight is 231 g/mol. The molecule has 1 fully saturated rings. The van der Waals surface area contributed by atoms with Gasteiger partial charge in [-0.2, -0.15) is 0 Å². The third-order valence-electron chi connectivity index (χ3n) is 2.42. The summed E-state index contributed by atoms with van der Waals surface area (Å²) in [6, 6.07) is 5.20. The Kier molecular flexibility index (Phi) is 2.41. The molecule has 0 aliphatic heterocycles. The fourth-order valence-corrected chi connectivity index (χ4v) is 2.17. The Morgan fingerprint density at radius 2 is 1.86 bits per heavy atom. The maximum Gasteiger partial charge on any atom is 0.307 e. The number of carboxylic acids is 1. The van der Waals surface area contributed by atoms with Crippen molar-refractivity contribution in [3.63, 3.8) is 0 Å². The molecule has 1 aromatic rings. The summed E-state index contributed by atoms with van der Waals surface area (Å²) in [7, 11) is 0. The van der Waals surface area contributed by atoms with Gasteiger partial charge >= 0.3 is 5.97 Å². The smallest absolute Gasteiger partial charge is 0.307 e. The minimum absolute atomic E-state index is 0.0868. The Hall–Kier alpha value is -0.730. The second-order valence-corrected chi connectivity index (χ2v) is 4.36. The highest BCUT2D eigenvalue weighted by Crippen LogP contribution is 2.48. The molecule has 2 nitrogen and oxygen atoms in total. The standard InChI is InChI=1S/C10H8Cl2O2/c11-6-1-5(2-7(12)3-6)8-4-9(8)10(13)14/h1-3,8-9H,4H2,(H,13,14)/t8-,9-/m0/s1. The van der Waals surface area contributed by atoms with Gasteiger partial charge < -0.3 is 5.11 Å². The van der Waals surface area contributed by atoms with Crippen molar-refractivity contribution in [1.82, 2.24) is 0 Å². The van der Waals surface area contributed by atoms with Crippen molar-refractivity contribution in [3.8, 4) is 0 Å². The molecule has 0 spiro atoms. The quantitative estimate of drug-likeness (QED) is 0.848. The lowest BCUT2D eigenvalue weighted by Gasteiger charge is -2.00. The molecule has 4 heteroatoms. The van der Waals surface area contributed by atoms with Crippen LogP contribution in [0.5, 0.6) is 0 Å². The molecule has 1 aliphatic carbocycles. The van der Waals surface area contributed by atoms with Crippen molar-refractivity contribution in [2.45, 2.75) is 12.3 Å². The molecule has 1 aromatic carbocycles. The highest BCUT2D eigenvalue weighted by atomic mass is 35.5. The lowest BCUT2D eigenvalue weighted by molar-refractivity contribution is -0.138. The van der Waals surface area contributed by atoms with Crippen LogP contribution in [0.15, 0.2) is 18.2 Å². The number of halogens is 2. The van der Waals surface area contributed by atoms with Crippen LogP contribution in [0.3, 0.4) is 0 Å². The van der Waals surface area contributed by atoms with Gasteiger partial charge in [0, 0.05) is 10.0 Å². The van der Waals surface area contributed by atoms with Crippen LogP contribution < -0.4 is 0 Å². The zero-order valence-electron chi connectivity index (χ0n) is 7.21. The summed E-state index contributed by atoms with van der Waals surface area (Å²) in [5, 5.41) is 9.88. The molecule has 1 saturated carbocycles. The second kappa shape index (κ2) is 3.44. The average Bonchev–Trinajstić information content (AvgIpc) is 2.79. The molecule has 1 aliphatic rings. The van der Waals surface area contributed by atoms with Crippen LogP contribution in [-0.2, 0) is 4.79 Å². The molecule has 0 saturated heterocycles. The molecule has 74 valence electrons. The summed E-state index contributed by atoms with van der Waals surface area (Å²) in [6.07, 6.45) is 0.687. The van der Waals surface area contributed by atoms with Gasteiger partial charge in [-0.15, -0.1) is 0 Å². The van der Waals surface area contributed by atoms with Gasteiger partial charge in [0.1, 0.15) is 0 Å². The fourth-order valence-electron chi connectivity index (χ4n) is 1.63. The van der Waals surface area contributed by atoms with E-state index < -0.39 is 5.97 Å². The van der Waals surface area contributed by atoms with E-state index in [0.29, 0.717) is 16.5 Å². The van der Waals surface area contributed by atoms with Crippen molar-refractivity contribution in [2.24, 2.45) is 5.92 Å². The van der Waals surface area contributed by atoms with Crippen LogP contribution in [0.2, 0.25) is 10.0 Å². The van der Waals surface area contributed by atoms with Gasteiger partial charge in [0.2, 0.25) is 0 Å². The van der Waals surface area contributed by atoms with Crippen LogP contribution in [0.25, 0.3) is 0 Å². The number of carboxylic acid groups (broad SMARTS) is 1. The number of aliphatic carboxylic acids is 1. The van der Waals surface area contributed by atoms with Gasteiger partial charge in [0.15, 0.2) is 0 Å². The lowest BCUT2D eigenvalue weighted by Crippen LogP contribution is -1.98. The summed E-state index contributed by atoms with van der Waals surface area (Å²) in [6.45, 7) is 0. The first-order valence-corrected chi connectivity index (χ1v) is 5.02. The molecule has 2 rings (SSSR count). The summed E-state index contributed by atoms with van der Waals surface area (Å²) < 4.78 is 0. The maximum absolute atomic E-state index is 10.6. The van der Waals surface area contributed by atoms with Gasteiger partial charge in [-0.3, -0.25) is 4.79 Å². The molecule has 0 heterocycles. The van der Waals surface area contributed by atoms with Crippen LogP contribution >= 0.6 is 23.2 Å². The third-order valence-corrected chi connectivity index (χ3v) is 2.86. The van der Waals surface area contributed by atoms with E-state index in [1.807, 2.05) is 0 Å². The highest BCUT2D eigenvalue weighted by molar-refractivity contribution is 6.34. The van der Waals surface area contributed by atoms with E-state index >= 15 is 0 Å². The number of hydrogen-bond donors (Lipinski definition) is 1.